The van der Waals surface area contributed by atoms with Crippen LogP contribution in [0.4, 0.5) is 0 Å². The third-order valence-electron chi connectivity index (χ3n) is 4.01. The lowest BCUT2D eigenvalue weighted by atomic mass is 10.1. The highest BCUT2D eigenvalue weighted by molar-refractivity contribution is 7.99. The number of thioether (sulfide) groups is 1. The Kier molecular flexibility index (Phi) is 5.30. The molecular weight excluding hydrogens is 322 g/mol. The fourth-order valence-corrected chi connectivity index (χ4v) is 4.06. The van der Waals surface area contributed by atoms with Gasteiger partial charge in [0.15, 0.2) is 11.5 Å². The van der Waals surface area contributed by atoms with E-state index in [9.17, 15) is 4.79 Å². The predicted octanol–water partition coefficient (Wildman–Crippen LogP) is 3.87. The first-order valence-electron chi connectivity index (χ1n) is 7.92. The number of carbonyl (C=O) groups is 1. The molecule has 5 heteroatoms. The summed E-state index contributed by atoms with van der Waals surface area (Å²) >= 11 is 1.78. The smallest absolute Gasteiger partial charge is 0.220 e. The summed E-state index contributed by atoms with van der Waals surface area (Å²) in [5.41, 5.74) is 2.17. The van der Waals surface area contributed by atoms with Gasteiger partial charge in [-0.25, -0.2) is 0 Å². The van der Waals surface area contributed by atoms with Crippen LogP contribution in [0.1, 0.15) is 23.4 Å². The molecule has 2 aromatic rings. The van der Waals surface area contributed by atoms with Gasteiger partial charge in [-0.1, -0.05) is 36.4 Å². The summed E-state index contributed by atoms with van der Waals surface area (Å²) in [5.74, 6) is 2.46. The second-order valence-electron chi connectivity index (χ2n) is 5.62. The Morgan fingerprint density at radius 1 is 1.21 bits per heavy atom. The van der Waals surface area contributed by atoms with Crippen LogP contribution >= 0.6 is 11.8 Å². The molecule has 3 rings (SSSR count). The Hall–Kier alpha value is -2.14. The first kappa shape index (κ1) is 16.7. The van der Waals surface area contributed by atoms with Crippen molar-refractivity contribution in [3.63, 3.8) is 0 Å². The number of methoxy groups -OCH3 is 1. The third kappa shape index (κ3) is 3.67. The highest BCUT2D eigenvalue weighted by atomic mass is 32.2. The minimum absolute atomic E-state index is 0.0486. The maximum atomic E-state index is 11.8. The Bertz CT molecular complexity index is 705. The zero-order chi connectivity index (χ0) is 16.9. The lowest BCUT2D eigenvalue weighted by Gasteiger charge is -2.23. The molecule has 1 amide bonds. The van der Waals surface area contributed by atoms with Crippen LogP contribution < -0.4 is 9.47 Å². The van der Waals surface area contributed by atoms with Crippen molar-refractivity contribution >= 4 is 17.7 Å². The van der Waals surface area contributed by atoms with Crippen molar-refractivity contribution in [2.75, 3.05) is 19.4 Å². The topological polar surface area (TPSA) is 38.8 Å². The number of ether oxygens (including phenoxy) is 2. The van der Waals surface area contributed by atoms with E-state index in [-0.39, 0.29) is 11.3 Å². The van der Waals surface area contributed by atoms with E-state index in [1.807, 2.05) is 53.4 Å². The van der Waals surface area contributed by atoms with Crippen molar-refractivity contribution in [1.82, 2.24) is 4.90 Å². The van der Waals surface area contributed by atoms with Crippen LogP contribution in [-0.4, -0.2) is 30.2 Å². The minimum Gasteiger partial charge on any atom is -0.493 e. The molecule has 0 radical (unpaired) electrons. The molecular formula is C19H21NO3S. The van der Waals surface area contributed by atoms with Crippen LogP contribution in [0.5, 0.6) is 11.5 Å². The van der Waals surface area contributed by atoms with Crippen molar-refractivity contribution in [1.29, 1.82) is 0 Å². The van der Waals surface area contributed by atoms with E-state index >= 15 is 0 Å². The van der Waals surface area contributed by atoms with E-state index in [0.717, 1.165) is 23.4 Å². The summed E-state index contributed by atoms with van der Waals surface area (Å²) < 4.78 is 11.4. The van der Waals surface area contributed by atoms with Crippen molar-refractivity contribution in [2.45, 2.75) is 18.9 Å². The van der Waals surface area contributed by atoms with Crippen LogP contribution in [-0.2, 0) is 11.4 Å². The van der Waals surface area contributed by atoms with E-state index in [0.29, 0.717) is 18.1 Å². The molecule has 0 saturated carbocycles. The van der Waals surface area contributed by atoms with E-state index in [2.05, 4.69) is 0 Å². The Morgan fingerprint density at radius 3 is 2.71 bits per heavy atom. The average Bonchev–Trinajstić information content (AvgIpc) is 3.10. The standard InChI is InChI=1S/C19H21NO3S/c1-14(21)20-10-11-24-19(20)16-8-9-17(22-2)18(12-16)23-13-15-6-4-3-5-7-15/h3-9,12,19H,10-11,13H2,1-2H3. The molecule has 24 heavy (non-hydrogen) atoms. The fourth-order valence-electron chi connectivity index (χ4n) is 2.76. The number of benzene rings is 2. The second kappa shape index (κ2) is 7.62. The van der Waals surface area contributed by atoms with Gasteiger partial charge < -0.3 is 14.4 Å². The minimum atomic E-state index is 0.0486. The first-order valence-corrected chi connectivity index (χ1v) is 8.97. The maximum Gasteiger partial charge on any atom is 0.220 e. The Morgan fingerprint density at radius 2 is 2.00 bits per heavy atom. The molecule has 1 heterocycles. The zero-order valence-electron chi connectivity index (χ0n) is 13.9. The van der Waals surface area contributed by atoms with Gasteiger partial charge in [-0.2, -0.15) is 0 Å². The molecule has 126 valence electrons. The molecule has 0 aromatic heterocycles. The quantitative estimate of drug-likeness (QED) is 0.826. The van der Waals surface area contributed by atoms with Crippen LogP contribution in [0.15, 0.2) is 48.5 Å². The van der Waals surface area contributed by atoms with Crippen molar-refractivity contribution in [2.24, 2.45) is 0 Å². The second-order valence-corrected chi connectivity index (χ2v) is 6.81. The third-order valence-corrected chi connectivity index (χ3v) is 5.27. The molecule has 1 fully saturated rings. The largest absolute Gasteiger partial charge is 0.493 e. The summed E-state index contributed by atoms with van der Waals surface area (Å²) in [6, 6.07) is 15.9. The lowest BCUT2D eigenvalue weighted by molar-refractivity contribution is -0.128. The van der Waals surface area contributed by atoms with Gasteiger partial charge in [0.05, 0.1) is 7.11 Å². The monoisotopic (exact) mass is 343 g/mol. The highest BCUT2D eigenvalue weighted by Crippen LogP contribution is 2.41. The highest BCUT2D eigenvalue weighted by Gasteiger charge is 2.29. The summed E-state index contributed by atoms with van der Waals surface area (Å²) in [6.45, 7) is 2.89. The van der Waals surface area contributed by atoms with Gasteiger partial charge in [0.2, 0.25) is 5.91 Å². The molecule has 0 spiro atoms. The molecule has 1 aliphatic heterocycles. The Labute approximate surface area is 146 Å². The van der Waals surface area contributed by atoms with Gasteiger partial charge in [-0.15, -0.1) is 11.8 Å². The Balaban J connectivity index is 1.81. The molecule has 0 bridgehead atoms. The molecule has 2 aromatic carbocycles. The number of rotatable bonds is 5. The van der Waals surface area contributed by atoms with Crippen molar-refractivity contribution < 1.29 is 14.3 Å². The number of carbonyl (C=O) groups excluding carboxylic acids is 1. The number of nitrogens with zero attached hydrogens (tertiary/aromatic N) is 1. The van der Waals surface area contributed by atoms with Gasteiger partial charge in [0.25, 0.3) is 0 Å². The zero-order valence-corrected chi connectivity index (χ0v) is 14.7. The molecule has 0 N–H and O–H groups in total. The van der Waals surface area contributed by atoms with Gasteiger partial charge in [0.1, 0.15) is 12.0 Å². The lowest BCUT2D eigenvalue weighted by Crippen LogP contribution is -2.27. The van der Waals surface area contributed by atoms with Crippen LogP contribution in [0, 0.1) is 0 Å². The molecule has 0 aliphatic carbocycles. The van der Waals surface area contributed by atoms with Crippen molar-refractivity contribution in [3.05, 3.63) is 59.7 Å². The summed E-state index contributed by atoms with van der Waals surface area (Å²) in [5, 5.41) is 0.0486. The molecule has 1 aliphatic rings. The normalized spacial score (nSPS) is 16.9. The summed E-state index contributed by atoms with van der Waals surface area (Å²) in [4.78, 5) is 13.7. The van der Waals surface area contributed by atoms with E-state index in [1.165, 1.54) is 0 Å². The van der Waals surface area contributed by atoms with Gasteiger partial charge in [0, 0.05) is 19.2 Å². The average molecular weight is 343 g/mol. The first-order chi connectivity index (χ1) is 11.7. The number of amides is 1. The van der Waals surface area contributed by atoms with Crippen molar-refractivity contribution in [3.8, 4) is 11.5 Å². The van der Waals surface area contributed by atoms with Gasteiger partial charge >= 0.3 is 0 Å². The maximum absolute atomic E-state index is 11.8. The van der Waals surface area contributed by atoms with Crippen LogP contribution in [0.2, 0.25) is 0 Å². The van der Waals surface area contributed by atoms with Gasteiger partial charge in [-0.05, 0) is 23.3 Å². The fraction of sp³-hybridized carbons (Fsp3) is 0.316. The van der Waals surface area contributed by atoms with E-state index in [1.54, 1.807) is 25.8 Å². The number of hydrogen-bond donors (Lipinski definition) is 0. The van der Waals surface area contributed by atoms with Crippen LogP contribution in [0.25, 0.3) is 0 Å². The molecule has 1 saturated heterocycles. The summed E-state index contributed by atoms with van der Waals surface area (Å²) in [6.07, 6.45) is 0. The predicted molar refractivity (Wildman–Crippen MR) is 96.4 cm³/mol. The SMILES string of the molecule is COc1ccc(C2SCCN2C(C)=O)cc1OCc1ccccc1. The van der Waals surface area contributed by atoms with Crippen LogP contribution in [0.3, 0.4) is 0 Å². The molecule has 1 unspecified atom stereocenters. The number of hydrogen-bond acceptors (Lipinski definition) is 4. The molecule has 4 nitrogen and oxygen atoms in total. The summed E-state index contributed by atoms with van der Waals surface area (Å²) in [7, 11) is 1.64. The van der Waals surface area contributed by atoms with E-state index < -0.39 is 0 Å². The van der Waals surface area contributed by atoms with E-state index in [4.69, 9.17) is 9.47 Å². The molecule has 1 atom stereocenters. The van der Waals surface area contributed by atoms with Gasteiger partial charge in [-0.3, -0.25) is 4.79 Å².